The van der Waals surface area contributed by atoms with Crippen molar-refractivity contribution in [2.24, 2.45) is 0 Å². The number of rotatable bonds is 4. The van der Waals surface area contributed by atoms with Gasteiger partial charge in [0.2, 0.25) is 0 Å². The Labute approximate surface area is 128 Å². The Bertz CT molecular complexity index is 463. The molecule has 1 heterocycles. The molecule has 1 N–H and O–H groups in total. The van der Waals surface area contributed by atoms with Crippen LogP contribution in [0.15, 0.2) is 18.2 Å². The smallest absolute Gasteiger partial charge is 0.123 e. The van der Waals surface area contributed by atoms with Crippen LogP contribution >= 0.6 is 0 Å². The van der Waals surface area contributed by atoms with Gasteiger partial charge in [0.15, 0.2) is 0 Å². The van der Waals surface area contributed by atoms with Crippen molar-refractivity contribution in [1.29, 1.82) is 0 Å². The maximum atomic E-state index is 13.4. The highest BCUT2D eigenvalue weighted by Crippen LogP contribution is 2.26. The standard InChI is InChI=1S/C17H28FN3/c1-5-19-17(15-8-7-14(18)11-13(15)2)16-12-20(3)9-6-10-21(16)4/h7-8,11,16-17,19H,5-6,9-10,12H2,1-4H3. The molecule has 0 bridgehead atoms. The lowest BCUT2D eigenvalue weighted by atomic mass is 9.94. The van der Waals surface area contributed by atoms with Crippen LogP contribution in [0.1, 0.15) is 30.5 Å². The zero-order valence-corrected chi connectivity index (χ0v) is 13.7. The Balaban J connectivity index is 2.31. The number of halogens is 1. The van der Waals surface area contributed by atoms with Crippen LogP contribution in [0.4, 0.5) is 4.39 Å². The van der Waals surface area contributed by atoms with Gasteiger partial charge in [-0.05, 0) is 70.3 Å². The van der Waals surface area contributed by atoms with Gasteiger partial charge in [0.1, 0.15) is 5.82 Å². The Morgan fingerprint density at radius 2 is 2.10 bits per heavy atom. The molecule has 0 spiro atoms. The van der Waals surface area contributed by atoms with Crippen LogP contribution in [-0.2, 0) is 0 Å². The maximum Gasteiger partial charge on any atom is 0.123 e. The quantitative estimate of drug-likeness (QED) is 0.920. The van der Waals surface area contributed by atoms with Gasteiger partial charge in [-0.25, -0.2) is 4.39 Å². The zero-order valence-electron chi connectivity index (χ0n) is 13.7. The molecule has 0 saturated carbocycles. The van der Waals surface area contributed by atoms with E-state index in [4.69, 9.17) is 0 Å². The number of benzene rings is 1. The van der Waals surface area contributed by atoms with E-state index >= 15 is 0 Å². The summed E-state index contributed by atoms with van der Waals surface area (Å²) in [5.74, 6) is -0.155. The predicted octanol–water partition coefficient (Wildman–Crippen LogP) is 2.42. The SMILES string of the molecule is CCNC(c1ccc(F)cc1C)C1CN(C)CCCN1C. The van der Waals surface area contributed by atoms with Gasteiger partial charge in [-0.15, -0.1) is 0 Å². The monoisotopic (exact) mass is 293 g/mol. The number of nitrogens with one attached hydrogen (secondary N) is 1. The first kappa shape index (κ1) is 16.4. The lowest BCUT2D eigenvalue weighted by Gasteiger charge is -2.36. The lowest BCUT2D eigenvalue weighted by molar-refractivity contribution is 0.179. The van der Waals surface area contributed by atoms with Crippen molar-refractivity contribution >= 4 is 0 Å². The minimum absolute atomic E-state index is 0.155. The molecule has 1 aliphatic heterocycles. The minimum Gasteiger partial charge on any atom is -0.309 e. The highest BCUT2D eigenvalue weighted by atomic mass is 19.1. The summed E-state index contributed by atoms with van der Waals surface area (Å²) in [7, 11) is 4.39. The number of hydrogen-bond acceptors (Lipinski definition) is 3. The van der Waals surface area contributed by atoms with Gasteiger partial charge in [-0.2, -0.15) is 0 Å². The molecule has 2 rings (SSSR count). The third kappa shape index (κ3) is 4.02. The largest absolute Gasteiger partial charge is 0.309 e. The van der Waals surface area contributed by atoms with E-state index in [1.165, 1.54) is 12.0 Å². The number of hydrogen-bond donors (Lipinski definition) is 1. The van der Waals surface area contributed by atoms with Gasteiger partial charge < -0.3 is 15.1 Å². The number of aryl methyl sites for hydroxylation is 1. The van der Waals surface area contributed by atoms with Gasteiger partial charge >= 0.3 is 0 Å². The van der Waals surface area contributed by atoms with Gasteiger partial charge in [-0.3, -0.25) is 0 Å². The molecule has 2 unspecified atom stereocenters. The van der Waals surface area contributed by atoms with Crippen molar-refractivity contribution < 1.29 is 4.39 Å². The fourth-order valence-corrected chi connectivity index (χ4v) is 3.33. The van der Waals surface area contributed by atoms with Crippen LogP contribution in [0, 0.1) is 12.7 Å². The van der Waals surface area contributed by atoms with Crippen molar-refractivity contribution in [2.75, 3.05) is 40.3 Å². The highest BCUT2D eigenvalue weighted by Gasteiger charge is 2.29. The molecule has 0 amide bonds. The van der Waals surface area contributed by atoms with Crippen LogP contribution in [0.3, 0.4) is 0 Å². The Morgan fingerprint density at radius 3 is 2.76 bits per heavy atom. The predicted molar refractivity (Wildman–Crippen MR) is 86.1 cm³/mol. The maximum absolute atomic E-state index is 13.4. The number of likely N-dealkylation sites (N-methyl/N-ethyl adjacent to an activating group) is 3. The molecule has 1 aromatic rings. The molecule has 118 valence electrons. The van der Waals surface area contributed by atoms with E-state index in [2.05, 4.69) is 36.1 Å². The van der Waals surface area contributed by atoms with Crippen LogP contribution in [0.5, 0.6) is 0 Å². The van der Waals surface area contributed by atoms with E-state index in [0.29, 0.717) is 6.04 Å². The lowest BCUT2D eigenvalue weighted by Crippen LogP contribution is -2.47. The van der Waals surface area contributed by atoms with Gasteiger partial charge in [0.25, 0.3) is 0 Å². The first-order chi connectivity index (χ1) is 10.0. The highest BCUT2D eigenvalue weighted by molar-refractivity contribution is 5.31. The van der Waals surface area contributed by atoms with Crippen molar-refractivity contribution in [3.63, 3.8) is 0 Å². The fraction of sp³-hybridized carbons (Fsp3) is 0.647. The second kappa shape index (κ2) is 7.34. The molecule has 1 aromatic carbocycles. The molecule has 1 saturated heterocycles. The molecule has 21 heavy (non-hydrogen) atoms. The summed E-state index contributed by atoms with van der Waals surface area (Å²) in [6.07, 6.45) is 1.20. The van der Waals surface area contributed by atoms with E-state index in [1.54, 1.807) is 12.1 Å². The summed E-state index contributed by atoms with van der Waals surface area (Å²) < 4.78 is 13.4. The molecule has 1 fully saturated rings. The van der Waals surface area contributed by atoms with Crippen LogP contribution in [0.25, 0.3) is 0 Å². The van der Waals surface area contributed by atoms with Crippen molar-refractivity contribution in [2.45, 2.75) is 32.4 Å². The molecule has 1 aliphatic rings. The van der Waals surface area contributed by atoms with Crippen LogP contribution in [0.2, 0.25) is 0 Å². The van der Waals surface area contributed by atoms with Gasteiger partial charge in [0, 0.05) is 18.6 Å². The average molecular weight is 293 g/mol. The van der Waals surface area contributed by atoms with Crippen molar-refractivity contribution in [3.05, 3.63) is 35.1 Å². The molecular formula is C17H28FN3. The number of nitrogens with zero attached hydrogens (tertiary/aromatic N) is 2. The van der Waals surface area contributed by atoms with E-state index < -0.39 is 0 Å². The minimum atomic E-state index is -0.155. The molecule has 3 nitrogen and oxygen atoms in total. The molecule has 0 aliphatic carbocycles. The van der Waals surface area contributed by atoms with E-state index in [1.807, 2.05) is 13.0 Å². The Hall–Kier alpha value is -0.970. The first-order valence-corrected chi connectivity index (χ1v) is 7.91. The van der Waals surface area contributed by atoms with Gasteiger partial charge in [-0.1, -0.05) is 13.0 Å². The topological polar surface area (TPSA) is 18.5 Å². The zero-order chi connectivity index (χ0) is 15.4. The van der Waals surface area contributed by atoms with Crippen LogP contribution in [-0.4, -0.2) is 56.1 Å². The summed E-state index contributed by atoms with van der Waals surface area (Å²) in [6, 6.07) is 5.80. The summed E-state index contributed by atoms with van der Waals surface area (Å²) >= 11 is 0. The van der Waals surface area contributed by atoms with E-state index in [-0.39, 0.29) is 11.9 Å². The van der Waals surface area contributed by atoms with Gasteiger partial charge in [0.05, 0.1) is 0 Å². The summed E-state index contributed by atoms with van der Waals surface area (Å²) in [5, 5.41) is 3.62. The Kier molecular flexibility index (Phi) is 5.73. The van der Waals surface area contributed by atoms with Crippen molar-refractivity contribution in [3.8, 4) is 0 Å². The molecular weight excluding hydrogens is 265 g/mol. The van der Waals surface area contributed by atoms with E-state index in [9.17, 15) is 4.39 Å². The van der Waals surface area contributed by atoms with Crippen molar-refractivity contribution in [1.82, 2.24) is 15.1 Å². The fourth-order valence-electron chi connectivity index (χ4n) is 3.33. The second-order valence-electron chi connectivity index (χ2n) is 6.20. The average Bonchev–Trinajstić information content (AvgIpc) is 2.58. The third-order valence-corrected chi connectivity index (χ3v) is 4.49. The first-order valence-electron chi connectivity index (χ1n) is 7.91. The summed E-state index contributed by atoms with van der Waals surface area (Å²) in [6.45, 7) is 8.33. The third-order valence-electron chi connectivity index (χ3n) is 4.49. The molecule has 0 radical (unpaired) electrons. The van der Waals surface area contributed by atoms with Crippen LogP contribution < -0.4 is 5.32 Å². The summed E-state index contributed by atoms with van der Waals surface area (Å²) in [4.78, 5) is 4.84. The summed E-state index contributed by atoms with van der Waals surface area (Å²) in [5.41, 5.74) is 2.24. The van der Waals surface area contributed by atoms with E-state index in [0.717, 1.165) is 31.7 Å². The normalized spacial score (nSPS) is 23.0. The second-order valence-corrected chi connectivity index (χ2v) is 6.20. The molecule has 0 aromatic heterocycles. The molecule has 4 heteroatoms. The Morgan fingerprint density at radius 1 is 1.33 bits per heavy atom. The molecule has 2 atom stereocenters.